The molecule has 1 heterocycles. The Morgan fingerprint density at radius 1 is 1.19 bits per heavy atom. The van der Waals surface area contributed by atoms with Crippen molar-refractivity contribution in [2.45, 2.75) is 38.5 Å². The number of nitrogens with one attached hydrogen (secondary N) is 1. The first-order valence-electron chi connectivity index (χ1n) is 8.93. The number of nitrogens with zero attached hydrogens (tertiary/aromatic N) is 1. The molecule has 0 radical (unpaired) electrons. The van der Waals surface area contributed by atoms with Gasteiger partial charge in [-0.2, -0.15) is 0 Å². The first-order valence-corrected chi connectivity index (χ1v) is 9.98. The van der Waals surface area contributed by atoms with Crippen LogP contribution in [-0.2, 0) is 9.59 Å². The average molecular weight is 369 g/mol. The second-order valence-electron chi connectivity index (χ2n) is 6.66. The summed E-state index contributed by atoms with van der Waals surface area (Å²) in [5, 5.41) is 2.82. The van der Waals surface area contributed by atoms with Gasteiger partial charge in [0.25, 0.3) is 0 Å². The zero-order valence-corrected chi connectivity index (χ0v) is 16.2. The Morgan fingerprint density at radius 2 is 1.88 bits per heavy atom. The highest BCUT2D eigenvalue weighted by molar-refractivity contribution is 8.00. The monoisotopic (exact) mass is 368 g/mol. The fourth-order valence-corrected chi connectivity index (χ4v) is 4.28. The standard InChI is InChI=1S/C21H24N2O2S/c1-4-19(24)22-16-11-9-15(10-12-16)21-23(20(25)13-26-21)18-8-6-5-7-17(18)14(2)3/h5-12,14,21H,4,13H2,1-3H3,(H,22,24). The molecule has 1 atom stereocenters. The average Bonchev–Trinajstić information content (AvgIpc) is 3.03. The predicted octanol–water partition coefficient (Wildman–Crippen LogP) is 4.94. The van der Waals surface area contributed by atoms with Gasteiger partial charge in [-0.15, -0.1) is 11.8 Å². The summed E-state index contributed by atoms with van der Waals surface area (Å²) in [6.45, 7) is 6.12. The first kappa shape index (κ1) is 18.5. The van der Waals surface area contributed by atoms with Gasteiger partial charge in [-0.3, -0.25) is 14.5 Å². The minimum Gasteiger partial charge on any atom is -0.326 e. The van der Waals surface area contributed by atoms with Gasteiger partial charge in [0.1, 0.15) is 5.37 Å². The van der Waals surface area contributed by atoms with Gasteiger partial charge < -0.3 is 5.32 Å². The molecule has 136 valence electrons. The number of anilines is 2. The number of rotatable bonds is 5. The third kappa shape index (κ3) is 3.78. The van der Waals surface area contributed by atoms with Crippen molar-refractivity contribution in [1.82, 2.24) is 0 Å². The number of carbonyl (C=O) groups is 2. The maximum atomic E-state index is 12.6. The predicted molar refractivity (Wildman–Crippen MR) is 109 cm³/mol. The lowest BCUT2D eigenvalue weighted by Gasteiger charge is -2.27. The molecule has 0 aromatic heterocycles. The highest BCUT2D eigenvalue weighted by Gasteiger charge is 2.35. The molecule has 0 spiro atoms. The van der Waals surface area contributed by atoms with E-state index < -0.39 is 0 Å². The third-order valence-electron chi connectivity index (χ3n) is 4.49. The van der Waals surface area contributed by atoms with Gasteiger partial charge in [-0.05, 0) is 35.2 Å². The second-order valence-corrected chi connectivity index (χ2v) is 7.73. The van der Waals surface area contributed by atoms with Crippen LogP contribution < -0.4 is 10.2 Å². The summed E-state index contributed by atoms with van der Waals surface area (Å²) >= 11 is 1.64. The number of thioether (sulfide) groups is 1. The van der Waals surface area contributed by atoms with Gasteiger partial charge in [0.2, 0.25) is 11.8 Å². The number of para-hydroxylation sites is 1. The summed E-state index contributed by atoms with van der Waals surface area (Å²) in [6, 6.07) is 15.9. The Balaban J connectivity index is 1.90. The number of carbonyl (C=O) groups excluding carboxylic acids is 2. The van der Waals surface area contributed by atoms with Crippen LogP contribution in [0.5, 0.6) is 0 Å². The van der Waals surface area contributed by atoms with E-state index >= 15 is 0 Å². The van der Waals surface area contributed by atoms with E-state index in [1.807, 2.05) is 54.3 Å². The third-order valence-corrected chi connectivity index (χ3v) is 5.70. The summed E-state index contributed by atoms with van der Waals surface area (Å²) in [5.74, 6) is 0.954. The first-order chi connectivity index (χ1) is 12.5. The van der Waals surface area contributed by atoms with E-state index in [4.69, 9.17) is 0 Å². The molecule has 1 aliphatic heterocycles. The molecule has 0 saturated carbocycles. The van der Waals surface area contributed by atoms with Crippen molar-refractivity contribution in [3.8, 4) is 0 Å². The highest BCUT2D eigenvalue weighted by Crippen LogP contribution is 2.44. The SMILES string of the molecule is CCC(=O)Nc1ccc(C2SCC(=O)N2c2ccccc2C(C)C)cc1. The minimum atomic E-state index is -0.0432. The van der Waals surface area contributed by atoms with Crippen LogP contribution in [0.4, 0.5) is 11.4 Å². The van der Waals surface area contributed by atoms with E-state index in [0.717, 1.165) is 16.9 Å². The molecule has 5 heteroatoms. The van der Waals surface area contributed by atoms with Gasteiger partial charge in [0.15, 0.2) is 0 Å². The van der Waals surface area contributed by atoms with Crippen molar-refractivity contribution in [2.75, 3.05) is 16.0 Å². The molecule has 26 heavy (non-hydrogen) atoms. The molecule has 1 aliphatic rings. The summed E-state index contributed by atoms with van der Waals surface area (Å²) in [5.41, 5.74) is 4.02. The molecule has 1 fully saturated rings. The zero-order chi connectivity index (χ0) is 18.7. The Labute approximate surface area is 159 Å². The van der Waals surface area contributed by atoms with Crippen LogP contribution in [0.25, 0.3) is 0 Å². The lowest BCUT2D eigenvalue weighted by Crippen LogP contribution is -2.29. The summed E-state index contributed by atoms with van der Waals surface area (Å²) in [6.07, 6.45) is 0.453. The molecule has 3 rings (SSSR count). The maximum Gasteiger partial charge on any atom is 0.238 e. The molecule has 0 aliphatic carbocycles. The Bertz CT molecular complexity index is 802. The van der Waals surface area contributed by atoms with Crippen LogP contribution in [-0.4, -0.2) is 17.6 Å². The van der Waals surface area contributed by atoms with Gasteiger partial charge in [0, 0.05) is 17.8 Å². The fourth-order valence-electron chi connectivity index (χ4n) is 3.11. The van der Waals surface area contributed by atoms with E-state index in [1.165, 1.54) is 5.56 Å². The van der Waals surface area contributed by atoms with E-state index in [9.17, 15) is 9.59 Å². The van der Waals surface area contributed by atoms with Crippen molar-refractivity contribution >= 4 is 35.0 Å². The Morgan fingerprint density at radius 3 is 2.54 bits per heavy atom. The molecule has 1 saturated heterocycles. The van der Waals surface area contributed by atoms with E-state index in [0.29, 0.717) is 18.1 Å². The van der Waals surface area contributed by atoms with Crippen LogP contribution >= 0.6 is 11.8 Å². The van der Waals surface area contributed by atoms with Crippen molar-refractivity contribution in [1.29, 1.82) is 0 Å². The smallest absolute Gasteiger partial charge is 0.238 e. The van der Waals surface area contributed by atoms with Crippen LogP contribution in [0.2, 0.25) is 0 Å². The lowest BCUT2D eigenvalue weighted by molar-refractivity contribution is -0.116. The van der Waals surface area contributed by atoms with Crippen LogP contribution in [0.1, 0.15) is 49.6 Å². The largest absolute Gasteiger partial charge is 0.326 e. The molecular formula is C21H24N2O2S. The summed E-state index contributed by atoms with van der Waals surface area (Å²) in [7, 11) is 0. The van der Waals surface area contributed by atoms with Crippen LogP contribution in [0, 0.1) is 0 Å². The molecule has 0 bridgehead atoms. The zero-order valence-electron chi connectivity index (χ0n) is 15.4. The van der Waals surface area contributed by atoms with Gasteiger partial charge in [0.05, 0.1) is 5.75 Å². The van der Waals surface area contributed by atoms with Crippen LogP contribution in [0.15, 0.2) is 48.5 Å². The molecule has 1 N–H and O–H groups in total. The van der Waals surface area contributed by atoms with Crippen molar-refractivity contribution in [2.24, 2.45) is 0 Å². The lowest BCUT2D eigenvalue weighted by atomic mass is 10.00. The minimum absolute atomic E-state index is 0.00402. The maximum absolute atomic E-state index is 12.6. The quantitative estimate of drug-likeness (QED) is 0.813. The second kappa shape index (κ2) is 7.96. The summed E-state index contributed by atoms with van der Waals surface area (Å²) in [4.78, 5) is 26.1. The van der Waals surface area contributed by atoms with E-state index in [-0.39, 0.29) is 17.2 Å². The Kier molecular flexibility index (Phi) is 5.67. The highest BCUT2D eigenvalue weighted by atomic mass is 32.2. The van der Waals surface area contributed by atoms with Crippen molar-refractivity contribution < 1.29 is 9.59 Å². The molecule has 4 nitrogen and oxygen atoms in total. The van der Waals surface area contributed by atoms with E-state index in [2.05, 4.69) is 25.2 Å². The molecule has 1 unspecified atom stereocenters. The van der Waals surface area contributed by atoms with Crippen molar-refractivity contribution in [3.63, 3.8) is 0 Å². The number of amides is 2. The van der Waals surface area contributed by atoms with E-state index in [1.54, 1.807) is 11.8 Å². The fraction of sp³-hybridized carbons (Fsp3) is 0.333. The molecular weight excluding hydrogens is 344 g/mol. The topological polar surface area (TPSA) is 49.4 Å². The normalized spacial score (nSPS) is 17.0. The number of hydrogen-bond acceptors (Lipinski definition) is 3. The number of benzene rings is 2. The van der Waals surface area contributed by atoms with Gasteiger partial charge in [-0.1, -0.05) is 51.1 Å². The number of hydrogen-bond donors (Lipinski definition) is 1. The Hall–Kier alpha value is -2.27. The molecule has 2 amide bonds. The molecule has 2 aromatic carbocycles. The molecule has 2 aromatic rings. The summed E-state index contributed by atoms with van der Waals surface area (Å²) < 4.78 is 0. The van der Waals surface area contributed by atoms with Crippen molar-refractivity contribution in [3.05, 3.63) is 59.7 Å². The van der Waals surface area contributed by atoms with Gasteiger partial charge in [-0.25, -0.2) is 0 Å². The van der Waals surface area contributed by atoms with Crippen LogP contribution in [0.3, 0.4) is 0 Å². The van der Waals surface area contributed by atoms with Gasteiger partial charge >= 0.3 is 0 Å².